The predicted molar refractivity (Wildman–Crippen MR) is 168 cm³/mol. The van der Waals surface area contributed by atoms with Crippen LogP contribution in [0, 0.1) is 19.3 Å². The first-order chi connectivity index (χ1) is 20.0. The molecule has 1 unspecified atom stereocenters. The van der Waals surface area contributed by atoms with Crippen molar-refractivity contribution in [2.75, 3.05) is 36.5 Å². The minimum atomic E-state index is -1.12. The summed E-state index contributed by atoms with van der Waals surface area (Å²) in [6, 6.07) is 9.75. The largest absolute Gasteiger partial charge is 0.461 e. The first kappa shape index (κ1) is 29.7. The van der Waals surface area contributed by atoms with Crippen LogP contribution < -0.4 is 15.4 Å². The van der Waals surface area contributed by atoms with E-state index in [1.165, 1.54) is 0 Å². The molecule has 1 aliphatic heterocycles. The van der Waals surface area contributed by atoms with Gasteiger partial charge in [0.25, 0.3) is 5.56 Å². The topological polar surface area (TPSA) is 91.9 Å². The highest BCUT2D eigenvalue weighted by Gasteiger charge is 2.45. The molecule has 9 nitrogen and oxygen atoms in total. The van der Waals surface area contributed by atoms with E-state index in [2.05, 4.69) is 21.3 Å². The van der Waals surface area contributed by atoms with Crippen LogP contribution in [0.15, 0.2) is 56.6 Å². The summed E-state index contributed by atoms with van der Waals surface area (Å²) in [5, 5.41) is 2.82. The fraction of sp³-hybridized carbons (Fsp3) is 0.438. The molecule has 222 valence electrons. The van der Waals surface area contributed by atoms with Gasteiger partial charge in [-0.1, -0.05) is 6.07 Å². The van der Waals surface area contributed by atoms with Crippen LogP contribution in [0.3, 0.4) is 0 Å². The number of benzene rings is 1. The van der Waals surface area contributed by atoms with Crippen molar-refractivity contribution >= 4 is 44.6 Å². The van der Waals surface area contributed by atoms with Crippen molar-refractivity contribution < 1.29 is 14.0 Å². The predicted octanol–water partition coefficient (Wildman–Crippen LogP) is 5.30. The van der Waals surface area contributed by atoms with E-state index in [1.54, 1.807) is 41.3 Å². The number of aryl methyl sites for hydroxylation is 3. The van der Waals surface area contributed by atoms with Crippen molar-refractivity contribution in [3.63, 3.8) is 0 Å². The maximum atomic E-state index is 13.2. The maximum Gasteiger partial charge on any atom is 0.261 e. The standard InChI is InChI=1S/C32H40N5O4S/c1-7-37-26-11-10-24(18-27(26)34(6)30(39)32(4,5)31(37)40)9-8-13-35(21-42-19-22(2)33-20-42)15-16-36-14-12-28-25(29(36)38)17-23(3)41-28/h10-12,14,17-20H,7-9,13,15-16,21H2,1-6H3/q+1. The fourth-order valence-electron chi connectivity index (χ4n) is 5.69. The zero-order valence-electron chi connectivity index (χ0n) is 25.3. The Morgan fingerprint density at radius 1 is 1.02 bits per heavy atom. The minimum Gasteiger partial charge on any atom is -0.461 e. The number of hydrogen-bond acceptors (Lipinski definition) is 6. The molecule has 0 bridgehead atoms. The number of nitrogens with zero attached hydrogens (tertiary/aromatic N) is 5. The van der Waals surface area contributed by atoms with E-state index in [-0.39, 0.29) is 27.8 Å². The minimum absolute atomic E-state index is 0.0312. The molecular formula is C32H40N5O4S+. The van der Waals surface area contributed by atoms with Gasteiger partial charge in [-0.05, 0) is 77.3 Å². The zero-order valence-corrected chi connectivity index (χ0v) is 26.2. The van der Waals surface area contributed by atoms with Crippen LogP contribution in [0.5, 0.6) is 0 Å². The van der Waals surface area contributed by atoms with E-state index >= 15 is 0 Å². The smallest absolute Gasteiger partial charge is 0.261 e. The molecule has 5 rings (SSSR count). The van der Waals surface area contributed by atoms with Gasteiger partial charge in [0.1, 0.15) is 16.8 Å². The molecule has 1 atom stereocenters. The van der Waals surface area contributed by atoms with Crippen LogP contribution in [0.2, 0.25) is 0 Å². The van der Waals surface area contributed by atoms with Crippen molar-refractivity contribution in [1.29, 1.82) is 0 Å². The first-order valence-electron chi connectivity index (χ1n) is 14.5. The number of furan rings is 1. The monoisotopic (exact) mass is 590 g/mol. The summed E-state index contributed by atoms with van der Waals surface area (Å²) in [6.07, 6.45) is 3.55. The number of carbonyl (C=O) groups is 2. The molecule has 1 aromatic carbocycles. The Kier molecular flexibility index (Phi) is 8.39. The number of hydrogen-bond donors (Lipinski definition) is 0. The summed E-state index contributed by atoms with van der Waals surface area (Å²) in [5.74, 6) is 1.21. The van der Waals surface area contributed by atoms with E-state index < -0.39 is 5.41 Å². The molecule has 0 fully saturated rings. The molecule has 0 spiro atoms. The molecule has 0 aliphatic carbocycles. The van der Waals surface area contributed by atoms with E-state index in [0.717, 1.165) is 60.2 Å². The molecule has 10 heteroatoms. The highest BCUT2D eigenvalue weighted by Crippen LogP contribution is 2.39. The van der Waals surface area contributed by atoms with Gasteiger partial charge in [0.15, 0.2) is 11.3 Å². The number of pyridine rings is 1. The molecule has 0 N–H and O–H groups in total. The zero-order chi connectivity index (χ0) is 30.2. The quantitative estimate of drug-likeness (QED) is 0.184. The molecule has 0 radical (unpaired) electrons. The summed E-state index contributed by atoms with van der Waals surface area (Å²) < 4.78 is 7.38. The van der Waals surface area contributed by atoms with Gasteiger partial charge in [-0.25, -0.2) is 4.98 Å². The normalized spacial score (nSPS) is 15.5. The van der Waals surface area contributed by atoms with E-state index in [0.29, 0.717) is 24.1 Å². The van der Waals surface area contributed by atoms with Gasteiger partial charge in [0, 0.05) is 49.9 Å². The average molecular weight is 591 g/mol. The van der Waals surface area contributed by atoms with Gasteiger partial charge in [0.05, 0.1) is 22.5 Å². The SMILES string of the molecule is CCN1C(=O)C(C)(C)C(=O)N(C)c2cc(CCCN(CCn3ccc4oc(C)cc4c3=O)C[s+]3cnc(C)c3)ccc21. The maximum absolute atomic E-state index is 13.2. The van der Waals surface area contributed by atoms with E-state index in [4.69, 9.17) is 4.42 Å². The number of rotatable bonds is 10. The lowest BCUT2D eigenvalue weighted by Crippen LogP contribution is -2.47. The second kappa shape index (κ2) is 11.9. The molecule has 42 heavy (non-hydrogen) atoms. The molecule has 0 saturated carbocycles. The third-order valence-corrected chi connectivity index (χ3v) is 9.73. The lowest BCUT2D eigenvalue weighted by molar-refractivity contribution is -0.137. The summed E-state index contributed by atoms with van der Waals surface area (Å²) >= 11 is 0. The number of carbonyl (C=O) groups excluding carboxylic acids is 2. The average Bonchev–Trinajstić information content (AvgIpc) is 3.55. The second-order valence-electron chi connectivity index (χ2n) is 11.6. The van der Waals surface area contributed by atoms with Gasteiger partial charge in [-0.2, -0.15) is 0 Å². The van der Waals surface area contributed by atoms with E-state index in [9.17, 15) is 14.4 Å². The van der Waals surface area contributed by atoms with Crippen LogP contribution in [0.25, 0.3) is 11.0 Å². The molecule has 2 amide bonds. The van der Waals surface area contributed by atoms with Gasteiger partial charge in [-0.15, -0.1) is 0 Å². The van der Waals surface area contributed by atoms with Crippen LogP contribution in [-0.4, -0.2) is 52.9 Å². The Labute approximate surface area is 249 Å². The summed E-state index contributed by atoms with van der Waals surface area (Å²) in [4.78, 5) is 49.7. The summed E-state index contributed by atoms with van der Waals surface area (Å²) in [5.41, 5.74) is 5.20. The molecule has 4 heterocycles. The lowest BCUT2D eigenvalue weighted by atomic mass is 9.90. The highest BCUT2D eigenvalue weighted by molar-refractivity contribution is 7.27. The van der Waals surface area contributed by atoms with Gasteiger partial charge in [-0.3, -0.25) is 19.3 Å². The molecule has 3 aromatic heterocycles. The van der Waals surface area contributed by atoms with Gasteiger partial charge < -0.3 is 18.8 Å². The molecule has 4 aromatic rings. The van der Waals surface area contributed by atoms with Gasteiger partial charge >= 0.3 is 0 Å². The van der Waals surface area contributed by atoms with Crippen LogP contribution in [0.1, 0.15) is 44.2 Å². The Hall–Kier alpha value is -3.76. The van der Waals surface area contributed by atoms with Crippen molar-refractivity contribution in [2.24, 2.45) is 5.41 Å². The van der Waals surface area contributed by atoms with E-state index in [1.807, 2.05) is 50.7 Å². The molecule has 1 aliphatic rings. The summed E-state index contributed by atoms with van der Waals surface area (Å²) in [7, 11) is 1.70. The summed E-state index contributed by atoms with van der Waals surface area (Å²) in [6.45, 7) is 11.9. The molecule has 0 saturated heterocycles. The van der Waals surface area contributed by atoms with Crippen molar-refractivity contribution in [3.05, 3.63) is 74.8 Å². The van der Waals surface area contributed by atoms with Crippen LogP contribution in [0.4, 0.5) is 11.4 Å². The Morgan fingerprint density at radius 3 is 2.52 bits per heavy atom. The second-order valence-corrected chi connectivity index (χ2v) is 13.3. The first-order valence-corrected chi connectivity index (χ1v) is 16.0. The fourth-order valence-corrected chi connectivity index (χ4v) is 7.37. The lowest BCUT2D eigenvalue weighted by Gasteiger charge is -2.27. The number of fused-ring (bicyclic) bond motifs is 2. The highest BCUT2D eigenvalue weighted by atomic mass is 32.2. The third kappa shape index (κ3) is 5.78. The number of amides is 2. The Balaban J connectivity index is 1.31. The third-order valence-electron chi connectivity index (χ3n) is 8.05. The van der Waals surface area contributed by atoms with Crippen LogP contribution in [-0.2, 0) is 28.4 Å². The van der Waals surface area contributed by atoms with Crippen LogP contribution >= 0.6 is 10.5 Å². The Bertz CT molecular complexity index is 1680. The Morgan fingerprint density at radius 2 is 1.81 bits per heavy atom. The number of thiazole rings is 1. The van der Waals surface area contributed by atoms with Crippen molar-refractivity contribution in [3.8, 4) is 0 Å². The van der Waals surface area contributed by atoms with Crippen molar-refractivity contribution in [2.45, 2.75) is 59.9 Å². The van der Waals surface area contributed by atoms with Crippen molar-refractivity contribution in [1.82, 2.24) is 14.5 Å². The number of aromatic nitrogens is 2. The van der Waals surface area contributed by atoms with Gasteiger partial charge in [0.2, 0.25) is 17.3 Å². The molecular weight excluding hydrogens is 550 g/mol. The number of anilines is 2.